The molecule has 7 heteroatoms. The molecule has 0 fully saturated rings. The minimum Gasteiger partial charge on any atom is -0.507 e. The van der Waals surface area contributed by atoms with Crippen molar-refractivity contribution < 1.29 is 19.4 Å². The molecule has 194 valence electrons. The number of nitrogens with zero attached hydrogens (tertiary/aromatic N) is 2. The summed E-state index contributed by atoms with van der Waals surface area (Å²) < 4.78 is 5.73. The summed E-state index contributed by atoms with van der Waals surface area (Å²) in [6.07, 6.45) is 0. The number of fused-ring (bicyclic) bond motifs is 1. The number of carbonyl (C=O) groups is 2. The average molecular weight is 494 g/mol. The highest BCUT2D eigenvalue weighted by molar-refractivity contribution is 6.07. The molecule has 2 aromatic carbocycles. The number of carbonyl (C=O) groups excluding carboxylic acids is 2. The first kappa shape index (κ1) is 27.2. The molecule has 0 unspecified atom stereocenters. The smallest absolute Gasteiger partial charge is 0.257 e. The van der Waals surface area contributed by atoms with Crippen LogP contribution in [0.3, 0.4) is 0 Å². The fourth-order valence-corrected chi connectivity index (χ4v) is 4.45. The van der Waals surface area contributed by atoms with Crippen molar-refractivity contribution in [3.05, 3.63) is 57.6 Å². The van der Waals surface area contributed by atoms with Crippen LogP contribution in [0.25, 0.3) is 0 Å². The van der Waals surface area contributed by atoms with Crippen molar-refractivity contribution in [3.8, 4) is 11.5 Å². The molecule has 0 bridgehead atoms. The number of ketones is 1. The van der Waals surface area contributed by atoms with Crippen molar-refractivity contribution in [3.63, 3.8) is 0 Å². The number of hydrogen-bond donors (Lipinski definition) is 2. The van der Waals surface area contributed by atoms with Gasteiger partial charge < -0.3 is 19.6 Å². The predicted octanol–water partition coefficient (Wildman–Crippen LogP) is 5.11. The number of ether oxygens (including phenoxy) is 1. The summed E-state index contributed by atoms with van der Waals surface area (Å²) in [7, 11) is 3.36. The quantitative estimate of drug-likeness (QED) is 0.545. The highest BCUT2D eigenvalue weighted by atomic mass is 16.5. The van der Waals surface area contributed by atoms with Gasteiger partial charge in [0.15, 0.2) is 5.78 Å². The van der Waals surface area contributed by atoms with Crippen molar-refractivity contribution in [2.24, 2.45) is 0 Å². The van der Waals surface area contributed by atoms with E-state index >= 15 is 0 Å². The van der Waals surface area contributed by atoms with Crippen LogP contribution in [0.1, 0.15) is 91.4 Å². The van der Waals surface area contributed by atoms with Crippen LogP contribution < -0.4 is 4.74 Å². The number of amidine groups is 1. The van der Waals surface area contributed by atoms with E-state index in [1.807, 2.05) is 54.5 Å². The Morgan fingerprint density at radius 2 is 1.58 bits per heavy atom. The van der Waals surface area contributed by atoms with Gasteiger partial charge in [0.05, 0.1) is 18.7 Å². The second-order valence-corrected chi connectivity index (χ2v) is 11.7. The Hall–Kier alpha value is -3.35. The van der Waals surface area contributed by atoms with E-state index in [-0.39, 0.29) is 40.7 Å². The third-order valence-corrected chi connectivity index (χ3v) is 6.46. The Labute approximate surface area is 214 Å². The van der Waals surface area contributed by atoms with Crippen LogP contribution in [0.5, 0.6) is 11.5 Å². The van der Waals surface area contributed by atoms with Gasteiger partial charge in [-0.3, -0.25) is 15.0 Å². The lowest BCUT2D eigenvalue weighted by Gasteiger charge is -2.28. The molecule has 0 aromatic heterocycles. The SMILES string of the molecule is CCOc1cc2c(cc1C(=O)N(C)C)C(=N)N(CC(=O)c1cc(C(C)(C)C)c(O)c(C(C)(C)C)c1)C2. The lowest BCUT2D eigenvalue weighted by Crippen LogP contribution is -2.31. The van der Waals surface area contributed by atoms with Gasteiger partial charge in [-0.05, 0) is 47.6 Å². The average Bonchev–Trinajstić information content (AvgIpc) is 3.05. The van der Waals surface area contributed by atoms with Crippen LogP contribution in [0.2, 0.25) is 0 Å². The van der Waals surface area contributed by atoms with Crippen molar-refractivity contribution in [1.82, 2.24) is 9.80 Å². The Bertz CT molecular complexity index is 1180. The molecule has 1 aliphatic rings. The fraction of sp³-hybridized carbons (Fsp3) is 0.483. The normalized spacial score (nSPS) is 13.6. The summed E-state index contributed by atoms with van der Waals surface area (Å²) in [6.45, 7) is 14.8. The zero-order valence-corrected chi connectivity index (χ0v) is 23.0. The molecule has 1 amide bonds. The molecular formula is C29H39N3O4. The zero-order valence-electron chi connectivity index (χ0n) is 23.0. The summed E-state index contributed by atoms with van der Waals surface area (Å²) in [6, 6.07) is 7.07. The first-order valence-electron chi connectivity index (χ1n) is 12.3. The Kier molecular flexibility index (Phi) is 7.26. The van der Waals surface area contributed by atoms with Crippen LogP contribution in [0.15, 0.2) is 24.3 Å². The van der Waals surface area contributed by atoms with Crippen LogP contribution in [0.4, 0.5) is 0 Å². The number of benzene rings is 2. The highest BCUT2D eigenvalue weighted by Gasteiger charge is 2.32. The number of Topliss-reactive ketones (excluding diaryl/α,β-unsaturated/α-hetero) is 1. The van der Waals surface area contributed by atoms with Crippen LogP contribution in [-0.4, -0.2) is 59.7 Å². The van der Waals surface area contributed by atoms with Crippen molar-refractivity contribution in [2.45, 2.75) is 65.8 Å². The Morgan fingerprint density at radius 3 is 2.06 bits per heavy atom. The van der Waals surface area contributed by atoms with E-state index in [0.717, 1.165) is 16.7 Å². The maximum Gasteiger partial charge on any atom is 0.257 e. The molecule has 0 aliphatic carbocycles. The number of rotatable bonds is 6. The van der Waals surface area contributed by atoms with Crippen LogP contribution in [-0.2, 0) is 17.4 Å². The molecule has 3 rings (SSSR count). The predicted molar refractivity (Wildman–Crippen MR) is 143 cm³/mol. The van der Waals surface area contributed by atoms with Gasteiger partial charge in [0.25, 0.3) is 5.91 Å². The molecule has 0 atom stereocenters. The van der Waals surface area contributed by atoms with E-state index in [4.69, 9.17) is 10.1 Å². The van der Waals surface area contributed by atoms with E-state index in [1.54, 1.807) is 37.2 Å². The van der Waals surface area contributed by atoms with Gasteiger partial charge in [-0.2, -0.15) is 0 Å². The van der Waals surface area contributed by atoms with Crippen molar-refractivity contribution in [2.75, 3.05) is 27.2 Å². The monoisotopic (exact) mass is 493 g/mol. The van der Waals surface area contributed by atoms with Gasteiger partial charge in [-0.1, -0.05) is 41.5 Å². The number of amides is 1. The summed E-state index contributed by atoms with van der Waals surface area (Å²) in [5.41, 5.74) is 3.17. The summed E-state index contributed by atoms with van der Waals surface area (Å²) >= 11 is 0. The van der Waals surface area contributed by atoms with Gasteiger partial charge >= 0.3 is 0 Å². The molecular weight excluding hydrogens is 454 g/mol. The van der Waals surface area contributed by atoms with Crippen LogP contribution >= 0.6 is 0 Å². The summed E-state index contributed by atoms with van der Waals surface area (Å²) in [5.74, 6) is 0.601. The van der Waals surface area contributed by atoms with Crippen molar-refractivity contribution in [1.29, 1.82) is 5.41 Å². The molecule has 0 saturated carbocycles. The lowest BCUT2D eigenvalue weighted by molar-refractivity contribution is 0.0823. The van der Waals surface area contributed by atoms with E-state index in [2.05, 4.69) is 0 Å². The molecule has 2 N–H and O–H groups in total. The first-order chi connectivity index (χ1) is 16.6. The van der Waals surface area contributed by atoms with E-state index in [1.165, 1.54) is 4.90 Å². The van der Waals surface area contributed by atoms with E-state index < -0.39 is 0 Å². The van der Waals surface area contributed by atoms with Gasteiger partial charge in [0, 0.05) is 42.9 Å². The summed E-state index contributed by atoms with van der Waals surface area (Å²) in [4.78, 5) is 29.4. The topological polar surface area (TPSA) is 93.9 Å². The maximum atomic E-state index is 13.5. The highest BCUT2D eigenvalue weighted by Crippen LogP contribution is 2.40. The largest absolute Gasteiger partial charge is 0.507 e. The standard InChI is InChI=1S/C29H39N3O4/c1-10-36-24-13-18-15-32(26(30)19(18)14-20(24)27(35)31(8)9)16-23(33)17-11-21(28(2,3)4)25(34)22(12-17)29(5,6)7/h11-14,30,34H,10,15-16H2,1-9H3. The van der Waals surface area contributed by atoms with Gasteiger partial charge in [-0.25, -0.2) is 0 Å². The van der Waals surface area contributed by atoms with Crippen molar-refractivity contribution >= 4 is 17.5 Å². The third kappa shape index (κ3) is 5.25. The second-order valence-electron chi connectivity index (χ2n) is 11.7. The number of aromatic hydroxyl groups is 1. The van der Waals surface area contributed by atoms with E-state index in [9.17, 15) is 14.7 Å². The fourth-order valence-electron chi connectivity index (χ4n) is 4.45. The maximum absolute atomic E-state index is 13.5. The Balaban J connectivity index is 1.96. The minimum atomic E-state index is -0.345. The zero-order chi connectivity index (χ0) is 27.2. The van der Waals surface area contributed by atoms with Gasteiger partial charge in [0.1, 0.15) is 17.3 Å². The third-order valence-electron chi connectivity index (χ3n) is 6.46. The molecule has 0 radical (unpaired) electrons. The molecule has 0 spiro atoms. The van der Waals surface area contributed by atoms with Gasteiger partial charge in [-0.15, -0.1) is 0 Å². The molecule has 7 nitrogen and oxygen atoms in total. The molecule has 2 aromatic rings. The second kappa shape index (κ2) is 9.60. The van der Waals surface area contributed by atoms with Crippen LogP contribution in [0, 0.1) is 5.41 Å². The molecule has 0 saturated heterocycles. The van der Waals surface area contributed by atoms with Gasteiger partial charge in [0.2, 0.25) is 0 Å². The first-order valence-corrected chi connectivity index (χ1v) is 12.3. The number of phenols is 1. The lowest BCUT2D eigenvalue weighted by atomic mass is 9.78. The molecule has 1 aliphatic heterocycles. The number of nitrogens with one attached hydrogen (secondary N) is 1. The molecule has 36 heavy (non-hydrogen) atoms. The summed E-state index contributed by atoms with van der Waals surface area (Å²) in [5, 5.41) is 19.7. The van der Waals surface area contributed by atoms with E-state index in [0.29, 0.717) is 35.6 Å². The number of phenolic OH excluding ortho intramolecular Hbond substituents is 1. The minimum absolute atomic E-state index is 0.0202. The molecule has 1 heterocycles. The Morgan fingerprint density at radius 1 is 1.03 bits per heavy atom. The number of hydrogen-bond acceptors (Lipinski definition) is 5.